The molecule has 39 heavy (non-hydrogen) atoms. The molecular weight excluding hydrogens is 500 g/mol. The maximum Gasteiger partial charge on any atom is 0.336 e. The van der Waals surface area contributed by atoms with Gasteiger partial charge in [0.25, 0.3) is 5.69 Å². The van der Waals surface area contributed by atoms with Crippen molar-refractivity contribution in [3.8, 4) is 0 Å². The number of nitro groups is 1. The van der Waals surface area contributed by atoms with Gasteiger partial charge in [-0.25, -0.2) is 9.59 Å². The molecule has 0 saturated carbocycles. The van der Waals surface area contributed by atoms with E-state index in [1.165, 1.54) is 17.8 Å². The lowest BCUT2D eigenvalue weighted by molar-refractivity contribution is -0.384. The van der Waals surface area contributed by atoms with Crippen molar-refractivity contribution in [2.24, 2.45) is 0 Å². The molecule has 1 fully saturated rings. The van der Waals surface area contributed by atoms with Gasteiger partial charge in [-0.15, -0.1) is 0 Å². The van der Waals surface area contributed by atoms with Crippen LogP contribution >= 0.6 is 0 Å². The third-order valence-electron chi connectivity index (χ3n) is 6.93. The van der Waals surface area contributed by atoms with Crippen LogP contribution in [0.5, 0.6) is 0 Å². The number of nitro benzene ring substituents is 1. The Morgan fingerprint density at radius 2 is 1.59 bits per heavy atom. The van der Waals surface area contributed by atoms with Gasteiger partial charge in [0, 0.05) is 61.9 Å². The van der Waals surface area contributed by atoms with Gasteiger partial charge in [-0.3, -0.25) is 15.0 Å². The van der Waals surface area contributed by atoms with E-state index in [0.717, 1.165) is 26.2 Å². The van der Waals surface area contributed by atoms with E-state index in [-0.39, 0.29) is 30.0 Å². The first kappa shape index (κ1) is 27.8. The molecule has 10 nitrogen and oxygen atoms in total. The second-order valence-corrected chi connectivity index (χ2v) is 9.38. The molecule has 1 N–H and O–H groups in total. The van der Waals surface area contributed by atoms with Crippen molar-refractivity contribution in [1.82, 2.24) is 10.2 Å². The first-order valence-electron chi connectivity index (χ1n) is 13.2. The summed E-state index contributed by atoms with van der Waals surface area (Å²) in [4.78, 5) is 42.3. The van der Waals surface area contributed by atoms with E-state index in [1.54, 1.807) is 32.9 Å². The van der Waals surface area contributed by atoms with E-state index in [9.17, 15) is 19.7 Å². The smallest absolute Gasteiger partial charge is 0.336 e. The summed E-state index contributed by atoms with van der Waals surface area (Å²) in [7, 11) is 0. The largest absolute Gasteiger partial charge is 0.463 e. The highest BCUT2D eigenvalue weighted by Crippen LogP contribution is 2.40. The molecule has 2 aromatic rings. The number of ether oxygens (including phenoxy) is 2. The minimum atomic E-state index is -0.884. The molecule has 1 saturated heterocycles. The van der Waals surface area contributed by atoms with Crippen molar-refractivity contribution in [3.63, 3.8) is 0 Å². The van der Waals surface area contributed by atoms with E-state index in [1.807, 2.05) is 18.2 Å². The topological polar surface area (TPSA) is 114 Å². The molecule has 2 aromatic carbocycles. The lowest BCUT2D eigenvalue weighted by Crippen LogP contribution is -2.48. The summed E-state index contributed by atoms with van der Waals surface area (Å²) < 4.78 is 10.8. The van der Waals surface area contributed by atoms with Crippen LogP contribution in [0.4, 0.5) is 11.4 Å². The van der Waals surface area contributed by atoms with Gasteiger partial charge in [0.2, 0.25) is 0 Å². The zero-order valence-corrected chi connectivity index (χ0v) is 22.5. The fourth-order valence-corrected chi connectivity index (χ4v) is 5.13. The zero-order chi connectivity index (χ0) is 27.9. The summed E-state index contributed by atoms with van der Waals surface area (Å²) in [6.07, 6.45) is 0. The lowest BCUT2D eigenvalue weighted by atomic mass is 9.80. The van der Waals surface area contributed by atoms with Crippen molar-refractivity contribution >= 4 is 23.3 Å². The van der Waals surface area contributed by atoms with E-state index in [2.05, 4.69) is 27.2 Å². The van der Waals surface area contributed by atoms with Crippen LogP contribution in [0.1, 0.15) is 32.3 Å². The van der Waals surface area contributed by atoms with Crippen molar-refractivity contribution < 1.29 is 24.0 Å². The predicted octanol–water partition coefficient (Wildman–Crippen LogP) is 3.76. The molecule has 2 heterocycles. The Morgan fingerprint density at radius 3 is 2.21 bits per heavy atom. The van der Waals surface area contributed by atoms with Crippen molar-refractivity contribution in [3.05, 3.63) is 92.8 Å². The molecule has 0 spiro atoms. The first-order valence-corrected chi connectivity index (χ1v) is 13.2. The Balaban J connectivity index is 1.72. The summed E-state index contributed by atoms with van der Waals surface area (Å²) in [5, 5.41) is 14.9. The molecule has 1 atom stereocenters. The molecular formula is C29H34N4O6. The molecule has 0 amide bonds. The quantitative estimate of drug-likeness (QED) is 0.292. The third kappa shape index (κ3) is 6.28. The van der Waals surface area contributed by atoms with Gasteiger partial charge in [0.15, 0.2) is 0 Å². The highest BCUT2D eigenvalue weighted by molar-refractivity contribution is 6.00. The van der Waals surface area contributed by atoms with Gasteiger partial charge in [0.1, 0.15) is 0 Å². The van der Waals surface area contributed by atoms with Crippen molar-refractivity contribution in [2.75, 3.05) is 50.8 Å². The number of allylic oxidation sites excluding steroid dienone is 1. The Bertz CT molecular complexity index is 1280. The number of hydrogen-bond donors (Lipinski definition) is 1. The van der Waals surface area contributed by atoms with Crippen LogP contribution in [-0.4, -0.2) is 67.7 Å². The van der Waals surface area contributed by atoms with Crippen LogP contribution in [0.25, 0.3) is 0 Å². The molecule has 4 rings (SSSR count). The average molecular weight is 535 g/mol. The molecule has 0 aromatic heterocycles. The number of rotatable bonds is 9. The van der Waals surface area contributed by atoms with E-state index < -0.39 is 22.8 Å². The molecule has 1 unspecified atom stereocenters. The summed E-state index contributed by atoms with van der Waals surface area (Å²) >= 11 is 0. The number of carbonyl (C=O) groups is 2. The molecule has 0 aliphatic carbocycles. The number of nitrogens with zero attached hydrogens (tertiary/aromatic N) is 3. The normalized spacial score (nSPS) is 18.0. The van der Waals surface area contributed by atoms with Crippen molar-refractivity contribution in [1.29, 1.82) is 0 Å². The Hall–Kier alpha value is -4.18. The third-order valence-corrected chi connectivity index (χ3v) is 6.93. The van der Waals surface area contributed by atoms with Crippen LogP contribution in [0.15, 0.2) is 77.1 Å². The monoisotopic (exact) mass is 534 g/mol. The zero-order valence-electron chi connectivity index (χ0n) is 22.5. The van der Waals surface area contributed by atoms with Crippen LogP contribution in [0.3, 0.4) is 0 Å². The predicted molar refractivity (Wildman–Crippen MR) is 147 cm³/mol. The molecule has 2 aliphatic heterocycles. The Kier molecular flexibility index (Phi) is 8.98. The number of hydrogen-bond acceptors (Lipinski definition) is 9. The van der Waals surface area contributed by atoms with E-state index in [0.29, 0.717) is 23.5 Å². The molecule has 0 radical (unpaired) electrons. The van der Waals surface area contributed by atoms with Crippen LogP contribution in [0.2, 0.25) is 0 Å². The molecule has 10 heteroatoms. The highest BCUT2D eigenvalue weighted by atomic mass is 16.6. The highest BCUT2D eigenvalue weighted by Gasteiger charge is 2.40. The second kappa shape index (κ2) is 12.6. The number of carbonyl (C=O) groups excluding carboxylic acids is 2. The number of anilines is 1. The van der Waals surface area contributed by atoms with Crippen LogP contribution in [-0.2, 0) is 19.1 Å². The van der Waals surface area contributed by atoms with Gasteiger partial charge in [-0.2, -0.15) is 0 Å². The van der Waals surface area contributed by atoms with Crippen LogP contribution < -0.4 is 10.2 Å². The SMILES string of the molecule is CCOC(=O)C1=C(C)NC(CN2CCN(c3ccccc3)CC2)=C(C(=O)OCC)C1c1cccc([N+](=O)[O-])c1. The van der Waals surface area contributed by atoms with Gasteiger partial charge in [0.05, 0.1) is 35.2 Å². The fourth-order valence-electron chi connectivity index (χ4n) is 5.13. The average Bonchev–Trinajstić information content (AvgIpc) is 2.94. The second-order valence-electron chi connectivity index (χ2n) is 9.38. The number of esters is 2. The first-order chi connectivity index (χ1) is 18.8. The minimum absolute atomic E-state index is 0.131. The number of benzene rings is 2. The van der Waals surface area contributed by atoms with Crippen LogP contribution in [0, 0.1) is 10.1 Å². The van der Waals surface area contributed by atoms with Gasteiger partial charge >= 0.3 is 11.9 Å². The summed E-state index contributed by atoms with van der Waals surface area (Å²) in [6.45, 7) is 9.07. The maximum atomic E-state index is 13.5. The maximum absolute atomic E-state index is 13.5. The standard InChI is InChI=1S/C29H34N4O6/c1-4-38-28(34)25-20(3)30-24(19-31-14-16-32(17-15-31)22-11-7-6-8-12-22)27(29(35)39-5-2)26(25)21-10-9-13-23(18-21)33(36)37/h6-13,18,26,30H,4-5,14-17,19H2,1-3H3. The van der Waals surface area contributed by atoms with Gasteiger partial charge in [-0.1, -0.05) is 30.3 Å². The molecule has 2 aliphatic rings. The minimum Gasteiger partial charge on any atom is -0.463 e. The Morgan fingerprint density at radius 1 is 0.949 bits per heavy atom. The number of dihydropyridines is 1. The summed E-state index contributed by atoms with van der Waals surface area (Å²) in [6, 6.07) is 16.2. The van der Waals surface area contributed by atoms with Crippen molar-refractivity contribution in [2.45, 2.75) is 26.7 Å². The fraction of sp³-hybridized carbons (Fsp3) is 0.379. The van der Waals surface area contributed by atoms with E-state index >= 15 is 0 Å². The van der Waals surface area contributed by atoms with Gasteiger partial charge < -0.3 is 19.7 Å². The number of para-hydroxylation sites is 1. The Labute approximate surface area is 228 Å². The summed E-state index contributed by atoms with van der Waals surface area (Å²) in [5.74, 6) is -2.05. The summed E-state index contributed by atoms with van der Waals surface area (Å²) in [5.41, 5.74) is 3.13. The molecule has 206 valence electrons. The van der Waals surface area contributed by atoms with E-state index in [4.69, 9.17) is 9.47 Å². The van der Waals surface area contributed by atoms with Gasteiger partial charge in [-0.05, 0) is 38.5 Å². The number of piperazine rings is 1. The molecule has 0 bridgehead atoms. The lowest BCUT2D eigenvalue weighted by Gasteiger charge is -2.38. The number of non-ortho nitro benzene ring substituents is 1. The number of nitrogens with one attached hydrogen (secondary N) is 1.